The maximum absolute atomic E-state index is 14.1. The maximum atomic E-state index is 14.1. The van der Waals surface area contributed by atoms with Gasteiger partial charge in [0.15, 0.2) is 0 Å². The summed E-state index contributed by atoms with van der Waals surface area (Å²) in [6.07, 6.45) is 4.68. The second-order valence-electron chi connectivity index (χ2n) is 9.04. The van der Waals surface area contributed by atoms with Crippen molar-refractivity contribution in [3.63, 3.8) is 0 Å². The van der Waals surface area contributed by atoms with Gasteiger partial charge in [-0.15, -0.1) is 0 Å². The molecule has 0 saturated carbocycles. The van der Waals surface area contributed by atoms with Gasteiger partial charge in [-0.3, -0.25) is 0 Å². The van der Waals surface area contributed by atoms with E-state index in [2.05, 4.69) is 0 Å². The van der Waals surface area contributed by atoms with Crippen molar-refractivity contribution in [1.29, 1.82) is 0 Å². The van der Waals surface area contributed by atoms with Crippen molar-refractivity contribution < 1.29 is 41.0 Å². The Hall–Kier alpha value is -3.40. The minimum atomic E-state index is -3.91. The average Bonchev–Trinajstić information content (AvgIpc) is 3.35. The summed E-state index contributed by atoms with van der Waals surface area (Å²) in [6, 6.07) is 8.61. The zero-order chi connectivity index (χ0) is 27.7. The summed E-state index contributed by atoms with van der Waals surface area (Å²) in [4.78, 5) is 25.9. The van der Waals surface area contributed by atoms with Crippen LogP contribution in [0.25, 0.3) is 17.2 Å². The molecule has 1 fully saturated rings. The fourth-order valence-corrected chi connectivity index (χ4v) is 11.2. The number of ether oxygens (including phenoxy) is 3. The van der Waals surface area contributed by atoms with E-state index in [-0.39, 0.29) is 40.5 Å². The Morgan fingerprint density at radius 1 is 1.18 bits per heavy atom. The van der Waals surface area contributed by atoms with E-state index in [0.717, 1.165) is 11.6 Å². The Labute approximate surface area is 230 Å². The molecule has 1 aromatic heterocycles. The number of hydrogen-bond donors (Lipinski definition) is 0. The van der Waals surface area contributed by atoms with Crippen LogP contribution >= 0.6 is 0 Å². The van der Waals surface area contributed by atoms with Crippen molar-refractivity contribution in [2.45, 2.75) is 24.5 Å². The number of halogens is 1. The summed E-state index contributed by atoms with van der Waals surface area (Å²) >= 11 is -2.02. The molecule has 12 heteroatoms. The van der Waals surface area contributed by atoms with Crippen molar-refractivity contribution in [2.75, 3.05) is 26.7 Å². The van der Waals surface area contributed by atoms with E-state index in [1.54, 1.807) is 30.4 Å². The third-order valence-corrected chi connectivity index (χ3v) is 13.1. The molecule has 5 rings (SSSR count). The van der Waals surface area contributed by atoms with E-state index >= 15 is 0 Å². The van der Waals surface area contributed by atoms with E-state index in [1.807, 2.05) is 4.90 Å². The molecule has 2 aliphatic heterocycles. The van der Waals surface area contributed by atoms with E-state index < -0.39 is 34.5 Å². The summed E-state index contributed by atoms with van der Waals surface area (Å²) in [5, 5.41) is 0. The average molecular weight is 617 g/mol. The molecular formula is C27H25AsFNO8S. The number of fused-ring (bicyclic) bond motifs is 3. The van der Waals surface area contributed by atoms with Crippen LogP contribution in [0.3, 0.4) is 0 Å². The number of esters is 2. The molecule has 204 valence electrons. The molecule has 9 nitrogen and oxygen atoms in total. The Morgan fingerprint density at radius 3 is 2.72 bits per heavy atom. The molecule has 3 heterocycles. The monoisotopic (exact) mass is 617 g/mol. The van der Waals surface area contributed by atoms with Gasteiger partial charge >= 0.3 is 231 Å². The van der Waals surface area contributed by atoms with Crippen LogP contribution in [0.15, 0.2) is 58.1 Å². The summed E-state index contributed by atoms with van der Waals surface area (Å²) < 4.78 is 63.1. The van der Waals surface area contributed by atoms with Crippen molar-refractivity contribution in [3.8, 4) is 16.9 Å². The number of hydrogen-bond acceptors (Lipinski definition) is 9. The van der Waals surface area contributed by atoms with Gasteiger partial charge in [0.05, 0.1) is 0 Å². The summed E-state index contributed by atoms with van der Waals surface area (Å²) in [7, 11) is -2.69. The number of benzene rings is 2. The van der Waals surface area contributed by atoms with Gasteiger partial charge in [-0.1, -0.05) is 0 Å². The number of nitrogens with zero attached hydrogens (tertiary/aromatic N) is 1. The van der Waals surface area contributed by atoms with Gasteiger partial charge in [0.2, 0.25) is 0 Å². The van der Waals surface area contributed by atoms with Crippen molar-refractivity contribution in [1.82, 2.24) is 4.90 Å². The Morgan fingerprint density at radius 2 is 1.97 bits per heavy atom. The molecule has 0 spiro atoms. The normalized spacial score (nSPS) is 15.6. The van der Waals surface area contributed by atoms with Gasteiger partial charge in [-0.25, -0.2) is 0 Å². The quantitative estimate of drug-likeness (QED) is 0.278. The Kier molecular flexibility index (Phi) is 7.66. The summed E-state index contributed by atoms with van der Waals surface area (Å²) in [6.45, 7) is 3.08. The fourth-order valence-electron chi connectivity index (χ4n) is 4.57. The Balaban J connectivity index is 1.41. The molecule has 0 N–H and O–H groups in total. The van der Waals surface area contributed by atoms with Crippen molar-refractivity contribution in [3.05, 3.63) is 71.4 Å². The molecule has 1 saturated heterocycles. The molecule has 1 atom stereocenters. The van der Waals surface area contributed by atoms with Gasteiger partial charge in [0.1, 0.15) is 0 Å². The molecule has 0 aliphatic carbocycles. The Bertz CT molecular complexity index is 1580. The first kappa shape index (κ1) is 27.2. The number of likely N-dealkylation sites (tertiary alicyclic amines) is 1. The van der Waals surface area contributed by atoms with Crippen LogP contribution in [0.1, 0.15) is 28.6 Å². The number of carbonyl (C=O) groups excluding carboxylic acids is 2. The van der Waals surface area contributed by atoms with Crippen LogP contribution < -0.4 is 9.09 Å². The van der Waals surface area contributed by atoms with Gasteiger partial charge in [0, 0.05) is 0 Å². The summed E-state index contributed by atoms with van der Waals surface area (Å²) in [5.41, 5.74) is 1.67. The third kappa shape index (κ3) is 5.66. The predicted octanol–water partition coefficient (Wildman–Crippen LogP) is 2.48. The van der Waals surface area contributed by atoms with Crippen LogP contribution in [0, 0.1) is 5.82 Å². The second-order valence-corrected chi connectivity index (χ2v) is 16.5. The number of carbonyl (C=O) groups is 2. The first-order chi connectivity index (χ1) is 18.7. The van der Waals surface area contributed by atoms with Crippen LogP contribution in [0.4, 0.5) is 4.39 Å². The van der Waals surface area contributed by atoms with Gasteiger partial charge in [-0.05, 0) is 0 Å². The molecule has 1 unspecified atom stereocenters. The molecule has 0 amide bonds. The second kappa shape index (κ2) is 11.0. The molecule has 2 aromatic carbocycles. The van der Waals surface area contributed by atoms with Gasteiger partial charge in [0.25, 0.3) is 0 Å². The molecule has 2 aliphatic rings. The molecule has 3 aromatic rings. The fraction of sp³-hybridized carbons (Fsp3) is 0.259. The third-order valence-electron chi connectivity index (χ3n) is 6.35. The number of rotatable bonds is 8. The molecule has 0 bridgehead atoms. The number of methoxy groups -OCH3 is 1. The van der Waals surface area contributed by atoms with Gasteiger partial charge < -0.3 is 0 Å². The number of furan rings is 1. The minimum absolute atomic E-state index is 0.0203. The van der Waals surface area contributed by atoms with Crippen LogP contribution in [-0.2, 0) is 29.0 Å². The van der Waals surface area contributed by atoms with E-state index in [0.29, 0.717) is 35.3 Å². The molecule has 39 heavy (non-hydrogen) atoms. The van der Waals surface area contributed by atoms with Crippen molar-refractivity contribution >= 4 is 45.1 Å². The summed E-state index contributed by atoms with van der Waals surface area (Å²) in [5.74, 6) is -0.736. The van der Waals surface area contributed by atoms with E-state index in [4.69, 9.17) is 18.6 Å². The van der Waals surface area contributed by atoms with Gasteiger partial charge in [-0.2, -0.15) is 0 Å². The van der Waals surface area contributed by atoms with E-state index in [1.165, 1.54) is 32.4 Å². The van der Waals surface area contributed by atoms with Crippen molar-refractivity contribution in [2.24, 2.45) is 0 Å². The zero-order valence-electron chi connectivity index (χ0n) is 21.1. The van der Waals surface area contributed by atoms with Crippen LogP contribution in [0.2, 0.25) is 0 Å². The molecular weight excluding hydrogens is 592 g/mol. The zero-order valence-corrected chi connectivity index (χ0v) is 24.0. The van der Waals surface area contributed by atoms with Crippen LogP contribution in [-0.4, -0.2) is 72.7 Å². The SMILES string of the molecule is COC(=O)c1c([AsH]S(=O)(=O)c2ccc(F)cc2C=CCN2CC(OC(C)=O)C2)ccc2c1OCc1occc1-2. The standard InChI is InChI=1S/C27H25AsFNO8S/c1-16(31)38-19-13-30(14-19)10-3-4-17-12-18(29)5-8-24(17)39(33,34)28-22-7-6-21-20-9-11-36-23(20)15-37-26(21)25(22)27(32)35-2/h3-9,11-12,19,28H,10,13-15H2,1-2H3. The predicted molar refractivity (Wildman–Crippen MR) is 141 cm³/mol. The topological polar surface area (TPSA) is 112 Å². The first-order valence-electron chi connectivity index (χ1n) is 12.0. The molecule has 0 radical (unpaired) electrons. The first-order valence-corrected chi connectivity index (χ1v) is 17.1. The van der Waals surface area contributed by atoms with Crippen LogP contribution in [0.5, 0.6) is 5.75 Å². The van der Waals surface area contributed by atoms with E-state index in [9.17, 15) is 22.4 Å².